The summed E-state index contributed by atoms with van der Waals surface area (Å²) in [7, 11) is 0. The van der Waals surface area contributed by atoms with Gasteiger partial charge >= 0.3 is 11.9 Å². The molecule has 0 amide bonds. The Labute approximate surface area is 186 Å². The third kappa shape index (κ3) is 17.8. The zero-order valence-corrected chi connectivity index (χ0v) is 20.9. The van der Waals surface area contributed by atoms with Crippen LogP contribution in [0.25, 0.3) is 0 Å². The predicted molar refractivity (Wildman–Crippen MR) is 126 cm³/mol. The molecule has 30 heavy (non-hydrogen) atoms. The molecule has 0 spiro atoms. The number of carbonyl (C=O) groups is 2. The molecule has 0 N–H and O–H groups in total. The second-order valence-corrected chi connectivity index (χ2v) is 9.92. The first-order chi connectivity index (χ1) is 14.1. The molecule has 0 aromatic heterocycles. The van der Waals surface area contributed by atoms with Crippen LogP contribution in [0.4, 0.5) is 0 Å². The SMILES string of the molecule is CCC(C)(C)OC(=O)CCCCCCCCCCCCCCC(=O)OC(C)(C)CC. The van der Waals surface area contributed by atoms with Crippen molar-refractivity contribution in [2.45, 2.75) is 155 Å². The number of esters is 2. The van der Waals surface area contributed by atoms with Crippen LogP contribution >= 0.6 is 0 Å². The first kappa shape index (κ1) is 28.9. The second-order valence-electron chi connectivity index (χ2n) is 9.92. The fraction of sp³-hybridized carbons (Fsp3) is 0.923. The highest BCUT2D eigenvalue weighted by Crippen LogP contribution is 2.18. The van der Waals surface area contributed by atoms with E-state index in [0.717, 1.165) is 38.5 Å². The molecule has 4 heteroatoms. The molecular weight excluding hydrogens is 376 g/mol. The Morgan fingerprint density at radius 1 is 0.500 bits per heavy atom. The molecule has 0 unspecified atom stereocenters. The smallest absolute Gasteiger partial charge is 0.306 e. The molecule has 178 valence electrons. The van der Waals surface area contributed by atoms with Crippen LogP contribution in [-0.4, -0.2) is 23.1 Å². The predicted octanol–water partition coefficient (Wildman–Crippen LogP) is 7.91. The van der Waals surface area contributed by atoms with Gasteiger partial charge in [-0.3, -0.25) is 9.59 Å². The summed E-state index contributed by atoms with van der Waals surface area (Å²) in [6, 6.07) is 0. The van der Waals surface area contributed by atoms with Crippen molar-refractivity contribution in [1.82, 2.24) is 0 Å². The van der Waals surface area contributed by atoms with E-state index in [1.54, 1.807) is 0 Å². The highest BCUT2D eigenvalue weighted by molar-refractivity contribution is 5.70. The average Bonchev–Trinajstić information content (AvgIpc) is 2.67. The minimum absolute atomic E-state index is 0.0523. The maximum absolute atomic E-state index is 11.8. The van der Waals surface area contributed by atoms with E-state index < -0.39 is 0 Å². The maximum atomic E-state index is 11.8. The van der Waals surface area contributed by atoms with Crippen molar-refractivity contribution in [3.8, 4) is 0 Å². The van der Waals surface area contributed by atoms with Gasteiger partial charge in [0.25, 0.3) is 0 Å². The topological polar surface area (TPSA) is 52.6 Å². The van der Waals surface area contributed by atoms with Gasteiger partial charge in [0.05, 0.1) is 0 Å². The molecule has 0 aromatic carbocycles. The Morgan fingerprint density at radius 3 is 0.967 bits per heavy atom. The van der Waals surface area contributed by atoms with E-state index in [4.69, 9.17) is 9.47 Å². The molecule has 4 nitrogen and oxygen atoms in total. The molecule has 0 atom stereocenters. The lowest BCUT2D eigenvalue weighted by Crippen LogP contribution is -2.26. The Balaban J connectivity index is 3.36. The van der Waals surface area contributed by atoms with Gasteiger partial charge in [0, 0.05) is 12.8 Å². The second kappa shape index (κ2) is 16.6. The molecule has 0 rings (SSSR count). The summed E-state index contributed by atoms with van der Waals surface area (Å²) in [5.41, 5.74) is -0.649. The summed E-state index contributed by atoms with van der Waals surface area (Å²) >= 11 is 0. The van der Waals surface area contributed by atoms with Crippen molar-refractivity contribution in [3.05, 3.63) is 0 Å². The first-order valence-corrected chi connectivity index (χ1v) is 12.6. The third-order valence-electron chi connectivity index (χ3n) is 5.99. The van der Waals surface area contributed by atoms with E-state index in [-0.39, 0.29) is 23.1 Å². The normalized spacial score (nSPS) is 12.1. The first-order valence-electron chi connectivity index (χ1n) is 12.6. The van der Waals surface area contributed by atoms with Crippen molar-refractivity contribution < 1.29 is 19.1 Å². The summed E-state index contributed by atoms with van der Waals surface area (Å²) in [6.07, 6.45) is 17.1. The Hall–Kier alpha value is -1.06. The maximum Gasteiger partial charge on any atom is 0.306 e. The quantitative estimate of drug-likeness (QED) is 0.155. The molecule has 0 heterocycles. The summed E-state index contributed by atoms with van der Waals surface area (Å²) in [5.74, 6) is -0.105. The minimum atomic E-state index is -0.325. The van der Waals surface area contributed by atoms with Gasteiger partial charge in [-0.1, -0.05) is 78.1 Å². The Bertz CT molecular complexity index is 412. The van der Waals surface area contributed by atoms with Crippen LogP contribution in [-0.2, 0) is 19.1 Å². The minimum Gasteiger partial charge on any atom is -0.460 e. The van der Waals surface area contributed by atoms with Crippen LogP contribution in [0.3, 0.4) is 0 Å². The van der Waals surface area contributed by atoms with Crippen molar-refractivity contribution in [2.24, 2.45) is 0 Å². The monoisotopic (exact) mass is 426 g/mol. The standard InChI is InChI=1S/C26H50O4/c1-7-25(3,4)29-23(27)21-19-17-15-13-11-9-10-12-14-16-18-20-22-24(28)30-26(5,6)8-2/h7-22H2,1-6H3. The van der Waals surface area contributed by atoms with E-state index in [0.29, 0.717) is 12.8 Å². The summed E-state index contributed by atoms with van der Waals surface area (Å²) in [6.45, 7) is 12.0. The molecule has 0 aliphatic rings. The highest BCUT2D eigenvalue weighted by atomic mass is 16.6. The number of carbonyl (C=O) groups excluding carboxylic acids is 2. The van der Waals surface area contributed by atoms with Gasteiger partial charge < -0.3 is 9.47 Å². The molecule has 0 aromatic rings. The van der Waals surface area contributed by atoms with Gasteiger partial charge in [0.15, 0.2) is 0 Å². The van der Waals surface area contributed by atoms with E-state index in [2.05, 4.69) is 0 Å². The molecule has 0 aliphatic carbocycles. The van der Waals surface area contributed by atoms with Crippen LogP contribution in [0.5, 0.6) is 0 Å². The number of hydrogen-bond donors (Lipinski definition) is 0. The highest BCUT2D eigenvalue weighted by Gasteiger charge is 2.20. The number of ether oxygens (including phenoxy) is 2. The molecule has 0 radical (unpaired) electrons. The average molecular weight is 427 g/mol. The van der Waals surface area contributed by atoms with E-state index in [1.807, 2.05) is 41.5 Å². The Kier molecular flexibility index (Phi) is 16.0. The number of hydrogen-bond acceptors (Lipinski definition) is 4. The van der Waals surface area contributed by atoms with Crippen molar-refractivity contribution in [2.75, 3.05) is 0 Å². The fourth-order valence-electron chi connectivity index (χ4n) is 3.17. The third-order valence-corrected chi connectivity index (χ3v) is 5.99. The van der Waals surface area contributed by atoms with Gasteiger partial charge in [0.2, 0.25) is 0 Å². The molecule has 0 saturated carbocycles. The lowest BCUT2D eigenvalue weighted by atomic mass is 10.0. The van der Waals surface area contributed by atoms with E-state index >= 15 is 0 Å². The van der Waals surface area contributed by atoms with Crippen LogP contribution in [0.2, 0.25) is 0 Å². The zero-order valence-electron chi connectivity index (χ0n) is 20.9. The summed E-state index contributed by atoms with van der Waals surface area (Å²) < 4.78 is 10.9. The molecule has 0 fully saturated rings. The lowest BCUT2D eigenvalue weighted by Gasteiger charge is -2.23. The van der Waals surface area contributed by atoms with Crippen molar-refractivity contribution in [3.63, 3.8) is 0 Å². The fourth-order valence-corrected chi connectivity index (χ4v) is 3.17. The van der Waals surface area contributed by atoms with Crippen molar-refractivity contribution in [1.29, 1.82) is 0 Å². The molecule has 0 saturated heterocycles. The van der Waals surface area contributed by atoms with Crippen LogP contribution in [0.1, 0.15) is 144 Å². The molecule has 0 bridgehead atoms. The van der Waals surface area contributed by atoms with E-state index in [9.17, 15) is 9.59 Å². The van der Waals surface area contributed by atoms with Gasteiger partial charge in [-0.05, 0) is 53.4 Å². The zero-order chi connectivity index (χ0) is 22.9. The van der Waals surface area contributed by atoms with Gasteiger partial charge in [-0.2, -0.15) is 0 Å². The van der Waals surface area contributed by atoms with Crippen LogP contribution in [0, 0.1) is 0 Å². The number of rotatable bonds is 19. The van der Waals surface area contributed by atoms with Crippen LogP contribution in [0.15, 0.2) is 0 Å². The Morgan fingerprint density at radius 2 is 0.733 bits per heavy atom. The van der Waals surface area contributed by atoms with Gasteiger partial charge in [-0.15, -0.1) is 0 Å². The summed E-state index contributed by atoms with van der Waals surface area (Å²) in [4.78, 5) is 23.5. The largest absolute Gasteiger partial charge is 0.460 e. The summed E-state index contributed by atoms with van der Waals surface area (Å²) in [5, 5.41) is 0. The number of unbranched alkanes of at least 4 members (excludes halogenated alkanes) is 11. The van der Waals surface area contributed by atoms with Crippen molar-refractivity contribution >= 4 is 11.9 Å². The van der Waals surface area contributed by atoms with Crippen LogP contribution < -0.4 is 0 Å². The van der Waals surface area contributed by atoms with Gasteiger partial charge in [0.1, 0.15) is 11.2 Å². The lowest BCUT2D eigenvalue weighted by molar-refractivity contribution is -0.157. The van der Waals surface area contributed by atoms with E-state index in [1.165, 1.54) is 51.4 Å². The molecule has 0 aliphatic heterocycles. The molecular formula is C26H50O4. The van der Waals surface area contributed by atoms with Gasteiger partial charge in [-0.25, -0.2) is 0 Å².